The molecule has 0 aliphatic rings. The average Bonchev–Trinajstić information content (AvgIpc) is 2.28. The van der Waals surface area contributed by atoms with E-state index in [1.165, 1.54) is 0 Å². The lowest BCUT2D eigenvalue weighted by Crippen LogP contribution is -2.43. The summed E-state index contributed by atoms with van der Waals surface area (Å²) in [5.74, 6) is -1.89. The largest absolute Gasteiger partial charge is 0.392 e. The quantitative estimate of drug-likeness (QED) is 0.803. The third-order valence-electron chi connectivity index (χ3n) is 2.23. The molecule has 8 heteroatoms. The maximum absolute atomic E-state index is 13.4. The van der Waals surface area contributed by atoms with Crippen molar-refractivity contribution in [2.75, 3.05) is 0 Å². The molecule has 0 saturated carbocycles. The van der Waals surface area contributed by atoms with Gasteiger partial charge in [-0.3, -0.25) is 0 Å². The van der Waals surface area contributed by atoms with Gasteiger partial charge in [0.05, 0.1) is 11.0 Å². The van der Waals surface area contributed by atoms with Crippen LogP contribution in [-0.4, -0.2) is 19.4 Å². The molecule has 0 bridgehead atoms. The Morgan fingerprint density at radius 2 is 2.11 bits per heavy atom. The van der Waals surface area contributed by atoms with E-state index >= 15 is 0 Å². The van der Waals surface area contributed by atoms with Gasteiger partial charge in [-0.15, -0.1) is 0 Å². The number of benzene rings is 1. The van der Waals surface area contributed by atoms with Crippen LogP contribution < -0.4 is 10.5 Å². The minimum Gasteiger partial charge on any atom is -0.392 e. The summed E-state index contributed by atoms with van der Waals surface area (Å²) < 4.78 is 52.1. The number of sulfonamides is 1. The van der Waals surface area contributed by atoms with Crippen molar-refractivity contribution in [3.05, 3.63) is 29.8 Å². The van der Waals surface area contributed by atoms with E-state index in [9.17, 15) is 17.2 Å². The summed E-state index contributed by atoms with van der Waals surface area (Å²) in [6, 6.07) is 1.38. The SMILES string of the molecule is CCC(NS(=O)(=O)c1cc(F)ccc1F)C(N)=S. The van der Waals surface area contributed by atoms with E-state index in [0.29, 0.717) is 12.5 Å². The van der Waals surface area contributed by atoms with Crippen molar-refractivity contribution >= 4 is 27.2 Å². The number of nitrogens with one attached hydrogen (secondary N) is 1. The lowest BCUT2D eigenvalue weighted by atomic mass is 10.2. The zero-order valence-corrected chi connectivity index (χ0v) is 11.1. The molecule has 1 atom stereocenters. The third-order valence-corrected chi connectivity index (χ3v) is 4.00. The summed E-state index contributed by atoms with van der Waals surface area (Å²) in [5, 5.41) is 0. The summed E-state index contributed by atoms with van der Waals surface area (Å²) in [7, 11) is -4.20. The van der Waals surface area contributed by atoms with E-state index in [-0.39, 0.29) is 4.99 Å². The molecule has 1 aromatic rings. The Morgan fingerprint density at radius 1 is 1.50 bits per heavy atom. The van der Waals surface area contributed by atoms with Gasteiger partial charge in [-0.25, -0.2) is 21.9 Å². The molecule has 0 aliphatic heterocycles. The number of rotatable bonds is 5. The Balaban J connectivity index is 3.14. The molecule has 0 aliphatic carbocycles. The van der Waals surface area contributed by atoms with Crippen LogP contribution in [0.5, 0.6) is 0 Å². The first-order valence-corrected chi connectivity index (χ1v) is 6.93. The maximum atomic E-state index is 13.4. The van der Waals surface area contributed by atoms with Gasteiger partial charge in [0.25, 0.3) is 0 Å². The Morgan fingerprint density at radius 3 is 2.61 bits per heavy atom. The number of hydrogen-bond donors (Lipinski definition) is 2. The summed E-state index contributed by atoms with van der Waals surface area (Å²) in [5.41, 5.74) is 5.34. The number of hydrogen-bond acceptors (Lipinski definition) is 3. The van der Waals surface area contributed by atoms with Gasteiger partial charge in [-0.2, -0.15) is 0 Å². The van der Waals surface area contributed by atoms with Crippen molar-refractivity contribution < 1.29 is 17.2 Å². The number of halogens is 2. The van der Waals surface area contributed by atoms with Crippen LogP contribution in [0.1, 0.15) is 13.3 Å². The van der Waals surface area contributed by atoms with Crippen LogP contribution in [0.3, 0.4) is 0 Å². The first-order chi connectivity index (χ1) is 8.27. The van der Waals surface area contributed by atoms with Gasteiger partial charge in [-0.1, -0.05) is 19.1 Å². The van der Waals surface area contributed by atoms with Crippen molar-refractivity contribution in [2.24, 2.45) is 5.73 Å². The fourth-order valence-corrected chi connectivity index (χ4v) is 2.96. The molecule has 1 rings (SSSR count). The van der Waals surface area contributed by atoms with Gasteiger partial charge in [0.2, 0.25) is 10.0 Å². The lowest BCUT2D eigenvalue weighted by molar-refractivity contribution is 0.541. The molecule has 0 saturated heterocycles. The molecule has 0 heterocycles. The summed E-state index contributed by atoms with van der Waals surface area (Å²) >= 11 is 4.68. The van der Waals surface area contributed by atoms with Crippen LogP contribution >= 0.6 is 12.2 Å². The third kappa shape index (κ3) is 3.44. The molecule has 4 nitrogen and oxygen atoms in total. The van der Waals surface area contributed by atoms with Crippen LogP contribution in [0, 0.1) is 11.6 Å². The minimum atomic E-state index is -4.20. The monoisotopic (exact) mass is 294 g/mol. The van der Waals surface area contributed by atoms with Gasteiger partial charge in [0.1, 0.15) is 16.5 Å². The fourth-order valence-electron chi connectivity index (χ4n) is 1.28. The molecule has 100 valence electrons. The van der Waals surface area contributed by atoms with Gasteiger partial charge < -0.3 is 5.73 Å². The smallest absolute Gasteiger partial charge is 0.244 e. The number of thiocarbonyl (C=S) groups is 1. The topological polar surface area (TPSA) is 72.2 Å². The summed E-state index contributed by atoms with van der Waals surface area (Å²) in [6.07, 6.45) is 0.311. The van der Waals surface area contributed by atoms with Crippen LogP contribution in [0.15, 0.2) is 23.1 Å². The first-order valence-electron chi connectivity index (χ1n) is 5.04. The van der Waals surface area contributed by atoms with E-state index in [2.05, 4.69) is 16.9 Å². The van der Waals surface area contributed by atoms with E-state index < -0.39 is 32.6 Å². The normalized spacial score (nSPS) is 13.3. The van der Waals surface area contributed by atoms with Gasteiger partial charge >= 0.3 is 0 Å². The van der Waals surface area contributed by atoms with Crippen molar-refractivity contribution in [1.29, 1.82) is 0 Å². The number of nitrogens with two attached hydrogens (primary N) is 1. The molecule has 0 fully saturated rings. The van der Waals surface area contributed by atoms with E-state index in [0.717, 1.165) is 12.1 Å². The fraction of sp³-hybridized carbons (Fsp3) is 0.300. The average molecular weight is 294 g/mol. The first kappa shape index (κ1) is 14.9. The van der Waals surface area contributed by atoms with Crippen LogP contribution in [0.4, 0.5) is 8.78 Å². The molecular formula is C10H12F2N2O2S2. The van der Waals surface area contributed by atoms with Crippen LogP contribution in [0.25, 0.3) is 0 Å². The van der Waals surface area contributed by atoms with Gasteiger partial charge in [-0.05, 0) is 24.6 Å². The second-order valence-corrected chi connectivity index (χ2v) is 5.71. The summed E-state index contributed by atoms with van der Waals surface area (Å²) in [4.78, 5) is -0.824. The Labute approximate surface area is 109 Å². The zero-order valence-electron chi connectivity index (χ0n) is 9.48. The minimum absolute atomic E-state index is 0.0575. The molecule has 1 aromatic carbocycles. The second kappa shape index (κ2) is 5.68. The molecule has 18 heavy (non-hydrogen) atoms. The highest BCUT2D eigenvalue weighted by atomic mass is 32.2. The molecule has 0 spiro atoms. The molecular weight excluding hydrogens is 282 g/mol. The van der Waals surface area contributed by atoms with Crippen molar-refractivity contribution in [3.63, 3.8) is 0 Å². The predicted octanol–water partition coefficient (Wildman–Crippen LogP) is 1.31. The van der Waals surface area contributed by atoms with Crippen molar-refractivity contribution in [1.82, 2.24) is 4.72 Å². The predicted molar refractivity (Wildman–Crippen MR) is 67.5 cm³/mol. The van der Waals surface area contributed by atoms with E-state index in [1.54, 1.807) is 6.92 Å². The highest BCUT2D eigenvalue weighted by Crippen LogP contribution is 2.16. The molecule has 3 N–H and O–H groups in total. The second-order valence-electron chi connectivity index (χ2n) is 3.56. The molecule has 0 amide bonds. The maximum Gasteiger partial charge on any atom is 0.244 e. The zero-order chi connectivity index (χ0) is 13.9. The van der Waals surface area contributed by atoms with E-state index in [1.807, 2.05) is 0 Å². The standard InChI is InChI=1S/C10H12F2N2O2S2/c1-2-8(10(13)17)14-18(15,16)9-5-6(11)3-4-7(9)12/h3-5,8,14H,2H2,1H3,(H2,13,17). The Bertz CT molecular complexity index is 561. The molecule has 1 unspecified atom stereocenters. The highest BCUT2D eigenvalue weighted by Gasteiger charge is 2.24. The molecule has 0 radical (unpaired) electrons. The Hall–Kier alpha value is -1.12. The summed E-state index contributed by atoms with van der Waals surface area (Å²) in [6.45, 7) is 1.66. The van der Waals surface area contributed by atoms with Gasteiger partial charge in [0.15, 0.2) is 0 Å². The molecule has 0 aromatic heterocycles. The lowest BCUT2D eigenvalue weighted by Gasteiger charge is -2.15. The van der Waals surface area contributed by atoms with Crippen molar-refractivity contribution in [3.8, 4) is 0 Å². The van der Waals surface area contributed by atoms with Crippen LogP contribution in [0.2, 0.25) is 0 Å². The van der Waals surface area contributed by atoms with Crippen molar-refractivity contribution in [2.45, 2.75) is 24.3 Å². The van der Waals surface area contributed by atoms with Crippen LogP contribution in [-0.2, 0) is 10.0 Å². The van der Waals surface area contributed by atoms with E-state index in [4.69, 9.17) is 5.73 Å². The Kier molecular flexibility index (Phi) is 4.71. The van der Waals surface area contributed by atoms with Gasteiger partial charge in [0, 0.05) is 0 Å². The highest BCUT2D eigenvalue weighted by molar-refractivity contribution is 7.89.